The molecule has 2 atom stereocenters. The van der Waals surface area contributed by atoms with Crippen molar-refractivity contribution in [2.75, 3.05) is 18.1 Å². The molecule has 1 fully saturated rings. The third-order valence-electron chi connectivity index (χ3n) is 2.54. The molecule has 2 N–H and O–H groups in total. The summed E-state index contributed by atoms with van der Waals surface area (Å²) in [7, 11) is 0. The molecule has 1 aliphatic rings. The van der Waals surface area contributed by atoms with Gasteiger partial charge in [0.05, 0.1) is 18.9 Å². The summed E-state index contributed by atoms with van der Waals surface area (Å²) >= 11 is 1.52. The zero-order valence-corrected chi connectivity index (χ0v) is 11.5. The van der Waals surface area contributed by atoms with Crippen molar-refractivity contribution in [1.29, 1.82) is 0 Å². The van der Waals surface area contributed by atoms with Gasteiger partial charge in [-0.25, -0.2) is 9.18 Å². The van der Waals surface area contributed by atoms with Gasteiger partial charge in [-0.2, -0.15) is 4.98 Å². The topological polar surface area (TPSA) is 79.4 Å². The smallest absolute Gasteiger partial charge is 0.351 e. The fourth-order valence-electron chi connectivity index (χ4n) is 1.61. The van der Waals surface area contributed by atoms with Crippen LogP contribution in [-0.2, 0) is 9.47 Å². The van der Waals surface area contributed by atoms with Crippen molar-refractivity contribution in [3.05, 3.63) is 22.5 Å². The van der Waals surface area contributed by atoms with Gasteiger partial charge in [0.15, 0.2) is 11.6 Å². The largest absolute Gasteiger partial charge is 0.381 e. The normalized spacial score (nSPS) is 23.2. The lowest BCUT2D eigenvalue weighted by molar-refractivity contribution is -0.0380. The molecule has 0 aromatic carbocycles. The predicted molar refractivity (Wildman–Crippen MR) is 70.3 cm³/mol. The Morgan fingerprint density at radius 2 is 2.47 bits per heavy atom. The van der Waals surface area contributed by atoms with E-state index in [4.69, 9.17) is 15.2 Å². The number of thioether (sulfide) groups is 1. The second-order valence-corrected chi connectivity index (χ2v) is 5.59. The summed E-state index contributed by atoms with van der Waals surface area (Å²) in [6.07, 6.45) is 0.601. The number of anilines is 1. The van der Waals surface area contributed by atoms with Crippen LogP contribution in [0, 0.1) is 5.82 Å². The zero-order chi connectivity index (χ0) is 14.0. The van der Waals surface area contributed by atoms with Gasteiger partial charge in [-0.15, -0.1) is 11.8 Å². The SMILES string of the molecule is CC(C)OC[C@@H]1OC(n2cc(F)c(N)nc2=O)CS1. The molecule has 1 aromatic rings. The van der Waals surface area contributed by atoms with E-state index in [-0.39, 0.29) is 11.5 Å². The van der Waals surface area contributed by atoms with Gasteiger partial charge < -0.3 is 15.2 Å². The van der Waals surface area contributed by atoms with E-state index < -0.39 is 23.6 Å². The van der Waals surface area contributed by atoms with Crippen molar-refractivity contribution in [3.63, 3.8) is 0 Å². The first-order chi connectivity index (χ1) is 8.97. The minimum Gasteiger partial charge on any atom is -0.381 e. The first-order valence-corrected chi connectivity index (χ1v) is 6.95. The molecule has 2 heterocycles. The van der Waals surface area contributed by atoms with Crippen molar-refractivity contribution in [2.24, 2.45) is 0 Å². The van der Waals surface area contributed by atoms with E-state index in [0.29, 0.717) is 12.4 Å². The maximum absolute atomic E-state index is 13.3. The molecule has 2 rings (SSSR count). The highest BCUT2D eigenvalue weighted by Gasteiger charge is 2.29. The molecule has 0 amide bonds. The third kappa shape index (κ3) is 3.46. The van der Waals surface area contributed by atoms with Gasteiger partial charge in [-0.3, -0.25) is 4.57 Å². The van der Waals surface area contributed by atoms with Crippen LogP contribution in [0.4, 0.5) is 10.2 Å². The second-order valence-electron chi connectivity index (χ2n) is 4.40. The molecular formula is C11H16FN3O3S. The number of nitrogens with two attached hydrogens (primary N) is 1. The number of halogens is 1. The van der Waals surface area contributed by atoms with Crippen LogP contribution in [0.25, 0.3) is 0 Å². The molecule has 0 radical (unpaired) electrons. The maximum atomic E-state index is 13.3. The summed E-state index contributed by atoms with van der Waals surface area (Å²) in [5, 5.41) is 0. The number of ether oxygens (including phenoxy) is 2. The Kier molecular flexibility index (Phi) is 4.43. The molecule has 1 aliphatic heterocycles. The van der Waals surface area contributed by atoms with Gasteiger partial charge in [0.25, 0.3) is 0 Å². The Morgan fingerprint density at radius 1 is 1.74 bits per heavy atom. The minimum atomic E-state index is -0.727. The number of hydrogen-bond donors (Lipinski definition) is 1. The first kappa shape index (κ1) is 14.3. The standard InChI is InChI=1S/C11H16FN3O3S/c1-6(2)17-4-9-18-8(5-19-9)15-3-7(12)10(13)14-11(15)16/h3,6,8-9H,4-5H2,1-2H3,(H2,13,14,16)/t8?,9-/m1/s1. The average molecular weight is 289 g/mol. The Labute approximate surface area is 114 Å². The predicted octanol–water partition coefficient (Wildman–Crippen LogP) is 0.978. The van der Waals surface area contributed by atoms with Crippen LogP contribution in [0.2, 0.25) is 0 Å². The fourth-order valence-corrected chi connectivity index (χ4v) is 2.61. The van der Waals surface area contributed by atoms with Crippen molar-refractivity contribution >= 4 is 17.6 Å². The number of nitrogen functional groups attached to an aromatic ring is 1. The Balaban J connectivity index is 2.05. The van der Waals surface area contributed by atoms with Gasteiger partial charge in [0.1, 0.15) is 11.7 Å². The summed E-state index contributed by atoms with van der Waals surface area (Å²) in [6.45, 7) is 4.29. The van der Waals surface area contributed by atoms with Gasteiger partial charge in [-0.05, 0) is 13.8 Å². The third-order valence-corrected chi connectivity index (χ3v) is 3.64. The van der Waals surface area contributed by atoms with E-state index in [1.54, 1.807) is 0 Å². The lowest BCUT2D eigenvalue weighted by Crippen LogP contribution is -2.30. The van der Waals surface area contributed by atoms with E-state index in [0.717, 1.165) is 10.8 Å². The molecule has 0 bridgehead atoms. The van der Waals surface area contributed by atoms with Gasteiger partial charge in [0.2, 0.25) is 0 Å². The molecule has 0 spiro atoms. The highest BCUT2D eigenvalue weighted by atomic mass is 32.2. The number of rotatable bonds is 4. The van der Waals surface area contributed by atoms with Crippen LogP contribution in [-0.4, -0.2) is 33.5 Å². The van der Waals surface area contributed by atoms with Crippen molar-refractivity contribution in [1.82, 2.24) is 9.55 Å². The highest BCUT2D eigenvalue weighted by molar-refractivity contribution is 8.00. The molecule has 1 saturated heterocycles. The Morgan fingerprint density at radius 3 is 3.16 bits per heavy atom. The lowest BCUT2D eigenvalue weighted by Gasteiger charge is -2.16. The average Bonchev–Trinajstić information content (AvgIpc) is 2.80. The summed E-state index contributed by atoms with van der Waals surface area (Å²) in [5.74, 6) is -0.585. The molecule has 0 saturated carbocycles. The molecule has 0 aliphatic carbocycles. The zero-order valence-electron chi connectivity index (χ0n) is 10.7. The van der Waals surface area contributed by atoms with Crippen LogP contribution in [0.1, 0.15) is 20.1 Å². The first-order valence-electron chi connectivity index (χ1n) is 5.90. The summed E-state index contributed by atoms with van der Waals surface area (Å²) in [5.41, 5.74) is 4.45. The van der Waals surface area contributed by atoms with Crippen LogP contribution < -0.4 is 11.4 Å². The summed E-state index contributed by atoms with van der Waals surface area (Å²) in [6, 6.07) is 0. The van der Waals surface area contributed by atoms with E-state index in [1.165, 1.54) is 11.8 Å². The Hall–Kier alpha value is -1.12. The van der Waals surface area contributed by atoms with Crippen molar-refractivity contribution in [3.8, 4) is 0 Å². The van der Waals surface area contributed by atoms with Crippen LogP contribution in [0.3, 0.4) is 0 Å². The van der Waals surface area contributed by atoms with Crippen LogP contribution in [0.15, 0.2) is 11.0 Å². The highest BCUT2D eigenvalue weighted by Crippen LogP contribution is 2.31. The summed E-state index contributed by atoms with van der Waals surface area (Å²) in [4.78, 5) is 15.0. The number of nitrogens with zero attached hydrogens (tertiary/aromatic N) is 2. The van der Waals surface area contributed by atoms with Gasteiger partial charge in [-0.1, -0.05) is 0 Å². The van der Waals surface area contributed by atoms with E-state index in [1.807, 2.05) is 13.8 Å². The second kappa shape index (κ2) is 5.89. The molecular weight excluding hydrogens is 273 g/mol. The molecule has 1 aromatic heterocycles. The molecule has 6 nitrogen and oxygen atoms in total. The molecule has 19 heavy (non-hydrogen) atoms. The monoisotopic (exact) mass is 289 g/mol. The van der Waals surface area contributed by atoms with E-state index >= 15 is 0 Å². The summed E-state index contributed by atoms with van der Waals surface area (Å²) < 4.78 is 25.5. The van der Waals surface area contributed by atoms with E-state index in [2.05, 4.69) is 4.98 Å². The molecule has 8 heteroatoms. The van der Waals surface area contributed by atoms with E-state index in [9.17, 15) is 9.18 Å². The number of hydrogen-bond acceptors (Lipinski definition) is 6. The maximum Gasteiger partial charge on any atom is 0.351 e. The molecule has 106 valence electrons. The van der Waals surface area contributed by atoms with Crippen LogP contribution in [0.5, 0.6) is 0 Å². The molecule has 1 unspecified atom stereocenters. The fraction of sp³-hybridized carbons (Fsp3) is 0.636. The minimum absolute atomic E-state index is 0.113. The Bertz CT molecular complexity index is 508. The van der Waals surface area contributed by atoms with Crippen molar-refractivity contribution in [2.45, 2.75) is 31.6 Å². The van der Waals surface area contributed by atoms with Gasteiger partial charge in [0, 0.05) is 5.75 Å². The number of aromatic nitrogens is 2. The van der Waals surface area contributed by atoms with Gasteiger partial charge >= 0.3 is 5.69 Å². The van der Waals surface area contributed by atoms with Crippen molar-refractivity contribution < 1.29 is 13.9 Å². The quantitative estimate of drug-likeness (QED) is 0.890. The lowest BCUT2D eigenvalue weighted by atomic mass is 10.5. The van der Waals surface area contributed by atoms with Crippen LogP contribution >= 0.6 is 11.8 Å².